The minimum Gasteiger partial charge on any atom is -0.329 e. The van der Waals surface area contributed by atoms with Crippen molar-refractivity contribution in [3.05, 3.63) is 20.8 Å². The lowest BCUT2D eigenvalue weighted by Crippen LogP contribution is -2.44. The molecule has 4 heteroatoms. The van der Waals surface area contributed by atoms with Gasteiger partial charge in [0, 0.05) is 19.1 Å². The van der Waals surface area contributed by atoms with E-state index in [1.165, 1.54) is 35.0 Å². The average molecular weight is 345 g/mol. The summed E-state index contributed by atoms with van der Waals surface area (Å²) in [5.41, 5.74) is 7.44. The fourth-order valence-corrected chi connectivity index (χ4v) is 4.44. The van der Waals surface area contributed by atoms with Gasteiger partial charge in [0.1, 0.15) is 0 Å². The van der Waals surface area contributed by atoms with E-state index in [-0.39, 0.29) is 0 Å². The minimum absolute atomic E-state index is 0.533. The fraction of sp³-hybridized carbons (Fsp3) is 0.733. The summed E-state index contributed by atoms with van der Waals surface area (Å²) in [6, 6.07) is 2.75. The number of hydrogen-bond donors (Lipinski definition) is 1. The molecule has 2 nitrogen and oxygen atoms in total. The zero-order valence-corrected chi connectivity index (χ0v) is 14.3. The lowest BCUT2D eigenvalue weighted by molar-refractivity contribution is 0.130. The molecule has 1 aromatic heterocycles. The summed E-state index contributed by atoms with van der Waals surface area (Å²) in [5, 5.41) is 2.23. The number of rotatable bonds is 5. The molecule has 0 aliphatic heterocycles. The molecule has 2 N–H and O–H groups in total. The van der Waals surface area contributed by atoms with Gasteiger partial charge >= 0.3 is 0 Å². The molecule has 1 unspecified atom stereocenters. The van der Waals surface area contributed by atoms with E-state index in [4.69, 9.17) is 5.73 Å². The molecule has 2 rings (SSSR count). The number of hydrogen-bond acceptors (Lipinski definition) is 3. The third-order valence-corrected chi connectivity index (χ3v) is 6.02. The lowest BCUT2D eigenvalue weighted by atomic mass is 9.79. The van der Waals surface area contributed by atoms with Gasteiger partial charge in [0.05, 0.1) is 3.79 Å². The van der Waals surface area contributed by atoms with Gasteiger partial charge in [-0.1, -0.05) is 19.8 Å². The van der Waals surface area contributed by atoms with Gasteiger partial charge in [-0.15, -0.1) is 11.3 Å². The van der Waals surface area contributed by atoms with E-state index < -0.39 is 0 Å². The third kappa shape index (κ3) is 4.28. The molecular weight excluding hydrogens is 320 g/mol. The van der Waals surface area contributed by atoms with Crippen LogP contribution >= 0.6 is 27.3 Å². The number of halogens is 1. The molecule has 0 saturated heterocycles. The van der Waals surface area contributed by atoms with Crippen molar-refractivity contribution in [2.45, 2.75) is 45.2 Å². The van der Waals surface area contributed by atoms with E-state index in [1.54, 1.807) is 11.3 Å². The second-order valence-corrected chi connectivity index (χ2v) is 8.29. The van der Waals surface area contributed by atoms with Crippen molar-refractivity contribution in [3.63, 3.8) is 0 Å². The van der Waals surface area contributed by atoms with Gasteiger partial charge in [0.15, 0.2) is 0 Å². The first kappa shape index (κ1) is 15.5. The monoisotopic (exact) mass is 344 g/mol. The van der Waals surface area contributed by atoms with E-state index in [2.05, 4.69) is 46.2 Å². The Labute approximate surface area is 129 Å². The molecule has 0 spiro atoms. The van der Waals surface area contributed by atoms with Gasteiger partial charge < -0.3 is 5.73 Å². The standard InChI is InChI=1S/C15H25BrN2S/c1-11-3-5-13(6-4-11)14(8-17)18(2)9-12-7-15(16)19-10-12/h7,10-11,13-14H,3-6,8-9,17H2,1-2H3. The quantitative estimate of drug-likeness (QED) is 0.871. The Balaban J connectivity index is 1.92. The van der Waals surface area contributed by atoms with E-state index in [0.29, 0.717) is 6.04 Å². The van der Waals surface area contributed by atoms with E-state index in [1.807, 2.05) is 0 Å². The number of likely N-dealkylation sites (N-methyl/N-ethyl adjacent to an activating group) is 1. The summed E-state index contributed by atoms with van der Waals surface area (Å²) in [4.78, 5) is 2.45. The molecule has 1 aromatic rings. The van der Waals surface area contributed by atoms with Crippen molar-refractivity contribution in [3.8, 4) is 0 Å². The van der Waals surface area contributed by atoms with Crippen LogP contribution in [-0.4, -0.2) is 24.5 Å². The molecule has 1 aliphatic rings. The van der Waals surface area contributed by atoms with Gasteiger partial charge in [-0.2, -0.15) is 0 Å². The van der Waals surface area contributed by atoms with E-state index in [0.717, 1.165) is 24.9 Å². The minimum atomic E-state index is 0.533. The molecule has 19 heavy (non-hydrogen) atoms. The molecule has 0 amide bonds. The fourth-order valence-electron chi connectivity index (χ4n) is 3.24. The summed E-state index contributed by atoms with van der Waals surface area (Å²) in [7, 11) is 2.22. The van der Waals surface area contributed by atoms with Crippen molar-refractivity contribution < 1.29 is 0 Å². The van der Waals surface area contributed by atoms with Crippen LogP contribution in [0.15, 0.2) is 15.2 Å². The molecule has 1 heterocycles. The van der Waals surface area contributed by atoms with Crippen LogP contribution in [0.1, 0.15) is 38.2 Å². The Morgan fingerprint density at radius 1 is 1.42 bits per heavy atom. The van der Waals surface area contributed by atoms with Gasteiger partial charge in [0.2, 0.25) is 0 Å². The molecule has 1 saturated carbocycles. The van der Waals surface area contributed by atoms with Crippen LogP contribution in [0.4, 0.5) is 0 Å². The Kier molecular flexibility index (Phi) is 5.87. The molecule has 1 atom stereocenters. The van der Waals surface area contributed by atoms with E-state index in [9.17, 15) is 0 Å². The average Bonchev–Trinajstić information content (AvgIpc) is 2.78. The van der Waals surface area contributed by atoms with Crippen molar-refractivity contribution in [2.75, 3.05) is 13.6 Å². The van der Waals surface area contributed by atoms with E-state index >= 15 is 0 Å². The predicted octanol–water partition coefficient (Wildman–Crippen LogP) is 4.10. The van der Waals surface area contributed by atoms with Crippen molar-refractivity contribution >= 4 is 27.3 Å². The number of nitrogens with zero attached hydrogens (tertiary/aromatic N) is 1. The largest absolute Gasteiger partial charge is 0.329 e. The Morgan fingerprint density at radius 3 is 2.63 bits per heavy atom. The zero-order valence-electron chi connectivity index (χ0n) is 11.9. The number of nitrogens with two attached hydrogens (primary N) is 1. The van der Waals surface area contributed by atoms with Crippen LogP contribution in [0.2, 0.25) is 0 Å². The third-order valence-electron chi connectivity index (χ3n) is 4.47. The second-order valence-electron chi connectivity index (χ2n) is 6.00. The zero-order chi connectivity index (χ0) is 13.8. The molecule has 0 aromatic carbocycles. The maximum absolute atomic E-state index is 6.05. The van der Waals surface area contributed by atoms with Gasteiger partial charge in [-0.05, 0) is 64.7 Å². The first-order chi connectivity index (χ1) is 9.10. The van der Waals surface area contributed by atoms with Crippen molar-refractivity contribution in [1.82, 2.24) is 4.90 Å². The summed E-state index contributed by atoms with van der Waals surface area (Å²) in [5.74, 6) is 1.70. The highest BCUT2D eigenvalue weighted by molar-refractivity contribution is 9.11. The lowest BCUT2D eigenvalue weighted by Gasteiger charge is -2.37. The first-order valence-corrected chi connectivity index (χ1v) is 8.90. The molecule has 0 radical (unpaired) electrons. The normalized spacial score (nSPS) is 25.7. The summed E-state index contributed by atoms with van der Waals surface area (Å²) >= 11 is 5.29. The molecule has 1 aliphatic carbocycles. The highest BCUT2D eigenvalue weighted by atomic mass is 79.9. The van der Waals surface area contributed by atoms with Crippen molar-refractivity contribution in [1.29, 1.82) is 0 Å². The van der Waals surface area contributed by atoms with Crippen LogP contribution in [0.3, 0.4) is 0 Å². The molecule has 108 valence electrons. The van der Waals surface area contributed by atoms with Crippen LogP contribution in [0, 0.1) is 11.8 Å². The maximum Gasteiger partial charge on any atom is 0.0701 e. The first-order valence-electron chi connectivity index (χ1n) is 7.23. The molecular formula is C15H25BrN2S. The van der Waals surface area contributed by atoms with Crippen LogP contribution in [0.5, 0.6) is 0 Å². The summed E-state index contributed by atoms with van der Waals surface area (Å²) in [6.45, 7) is 4.16. The van der Waals surface area contributed by atoms with Gasteiger partial charge in [0.25, 0.3) is 0 Å². The summed E-state index contributed by atoms with van der Waals surface area (Å²) in [6.07, 6.45) is 5.44. The maximum atomic E-state index is 6.05. The highest BCUT2D eigenvalue weighted by Gasteiger charge is 2.27. The Morgan fingerprint density at radius 2 is 2.11 bits per heavy atom. The smallest absolute Gasteiger partial charge is 0.0701 e. The van der Waals surface area contributed by atoms with Crippen LogP contribution in [0.25, 0.3) is 0 Å². The molecule has 0 bridgehead atoms. The number of thiophene rings is 1. The van der Waals surface area contributed by atoms with Gasteiger partial charge in [-0.25, -0.2) is 0 Å². The van der Waals surface area contributed by atoms with Crippen LogP contribution < -0.4 is 5.73 Å². The predicted molar refractivity (Wildman–Crippen MR) is 87.5 cm³/mol. The Hall–Kier alpha value is 0.100. The second kappa shape index (κ2) is 7.21. The Bertz CT molecular complexity index is 385. The van der Waals surface area contributed by atoms with Crippen molar-refractivity contribution in [2.24, 2.45) is 17.6 Å². The summed E-state index contributed by atoms with van der Waals surface area (Å²) < 4.78 is 1.21. The highest BCUT2D eigenvalue weighted by Crippen LogP contribution is 2.32. The van der Waals surface area contributed by atoms with Crippen LogP contribution in [-0.2, 0) is 6.54 Å². The SMILES string of the molecule is CC1CCC(C(CN)N(C)Cc2csc(Br)c2)CC1. The topological polar surface area (TPSA) is 29.3 Å². The molecule has 1 fully saturated rings. The van der Waals surface area contributed by atoms with Gasteiger partial charge in [-0.3, -0.25) is 4.90 Å².